The molecule has 2 aliphatic rings. The van der Waals surface area contributed by atoms with Crippen molar-refractivity contribution in [1.29, 1.82) is 0 Å². The third kappa shape index (κ3) is 4.52. The average Bonchev–Trinajstić information content (AvgIpc) is 3.14. The molecule has 0 aromatic heterocycles. The molecular weight excluding hydrogens is 340 g/mol. The smallest absolute Gasteiger partial charge is 0.261 e. The van der Waals surface area contributed by atoms with E-state index in [0.717, 1.165) is 31.5 Å². The van der Waals surface area contributed by atoms with Crippen LogP contribution in [0.4, 0.5) is 0 Å². The number of benzene rings is 1. The molecule has 0 aliphatic carbocycles. The molecule has 6 nitrogen and oxygen atoms in total. The number of amides is 1. The lowest BCUT2D eigenvalue weighted by atomic mass is 10.1. The van der Waals surface area contributed by atoms with Crippen molar-refractivity contribution in [3.8, 4) is 5.75 Å². The summed E-state index contributed by atoms with van der Waals surface area (Å²) in [5.41, 5.74) is 1.06. The Labute approximate surface area is 149 Å². The summed E-state index contributed by atoms with van der Waals surface area (Å²) in [7, 11) is -3.12. The number of carbonyl (C=O) groups excluding carboxylic acids is 1. The molecule has 7 heteroatoms. The minimum absolute atomic E-state index is 0.0110. The van der Waals surface area contributed by atoms with Gasteiger partial charge in [0.25, 0.3) is 5.91 Å². The summed E-state index contributed by atoms with van der Waals surface area (Å²) in [5, 5.41) is 2.91. The molecule has 1 aromatic rings. The normalized spacial score (nSPS) is 27.1. The van der Waals surface area contributed by atoms with Crippen molar-refractivity contribution in [2.45, 2.75) is 44.9 Å². The number of aryl methyl sites for hydroxylation is 1. The average molecular weight is 366 g/mol. The molecule has 0 bridgehead atoms. The second kappa shape index (κ2) is 7.33. The Morgan fingerprint density at radius 3 is 2.68 bits per heavy atom. The zero-order chi connectivity index (χ0) is 18.0. The van der Waals surface area contributed by atoms with Crippen molar-refractivity contribution in [3.05, 3.63) is 29.8 Å². The zero-order valence-electron chi connectivity index (χ0n) is 14.8. The number of carbonyl (C=O) groups is 1. The first-order chi connectivity index (χ1) is 11.8. The maximum Gasteiger partial charge on any atom is 0.261 e. The molecule has 3 unspecified atom stereocenters. The van der Waals surface area contributed by atoms with Gasteiger partial charge >= 0.3 is 0 Å². The van der Waals surface area contributed by atoms with Gasteiger partial charge in [-0.25, -0.2) is 8.42 Å². The highest BCUT2D eigenvalue weighted by Gasteiger charge is 2.42. The van der Waals surface area contributed by atoms with Crippen LogP contribution in [0, 0.1) is 6.92 Å². The van der Waals surface area contributed by atoms with Gasteiger partial charge in [0.05, 0.1) is 17.5 Å². The first kappa shape index (κ1) is 18.2. The molecule has 3 rings (SSSR count). The predicted molar refractivity (Wildman–Crippen MR) is 96.4 cm³/mol. The molecule has 2 aliphatic heterocycles. The van der Waals surface area contributed by atoms with Crippen molar-refractivity contribution < 1.29 is 17.9 Å². The molecule has 1 amide bonds. The summed E-state index contributed by atoms with van der Waals surface area (Å²) in [4.78, 5) is 14.7. The predicted octanol–water partition coefficient (Wildman–Crippen LogP) is 1.14. The molecule has 2 fully saturated rings. The number of hydrogen-bond donors (Lipinski definition) is 1. The van der Waals surface area contributed by atoms with Crippen molar-refractivity contribution in [1.82, 2.24) is 10.2 Å². The van der Waals surface area contributed by atoms with Crippen LogP contribution in [-0.4, -0.2) is 62.0 Å². The fourth-order valence-corrected chi connectivity index (χ4v) is 5.60. The fourth-order valence-electron chi connectivity index (χ4n) is 3.65. The van der Waals surface area contributed by atoms with E-state index < -0.39 is 15.9 Å². The summed E-state index contributed by atoms with van der Waals surface area (Å²) in [6.07, 6.45) is 1.50. The summed E-state index contributed by atoms with van der Waals surface area (Å²) in [6, 6.07) is 7.03. The summed E-state index contributed by atoms with van der Waals surface area (Å²) in [6.45, 7) is 5.46. The second-order valence-corrected chi connectivity index (χ2v) is 9.23. The lowest BCUT2D eigenvalue weighted by molar-refractivity contribution is -0.128. The van der Waals surface area contributed by atoms with Gasteiger partial charge in [-0.3, -0.25) is 9.69 Å². The van der Waals surface area contributed by atoms with Gasteiger partial charge in [0, 0.05) is 6.04 Å². The number of nitrogens with zero attached hydrogens (tertiary/aromatic N) is 1. The second-order valence-electron chi connectivity index (χ2n) is 7.08. The minimum Gasteiger partial charge on any atom is -0.481 e. The van der Waals surface area contributed by atoms with E-state index in [1.165, 1.54) is 0 Å². The van der Waals surface area contributed by atoms with E-state index in [0.29, 0.717) is 5.75 Å². The number of hydrogen-bond acceptors (Lipinski definition) is 5. The quantitative estimate of drug-likeness (QED) is 0.846. The van der Waals surface area contributed by atoms with Gasteiger partial charge in [-0.2, -0.15) is 0 Å². The van der Waals surface area contributed by atoms with Crippen LogP contribution in [0.5, 0.6) is 5.75 Å². The maximum absolute atomic E-state index is 12.5. The zero-order valence-corrected chi connectivity index (χ0v) is 15.6. The summed E-state index contributed by atoms with van der Waals surface area (Å²) in [5.74, 6) is 0.507. The molecular formula is C18H26N2O4S. The standard InChI is InChI=1S/C18H26N2O4S/c1-13-6-5-7-15(10-13)24-14(2)18(21)19-16-11-25(22,23)12-17(16)20-8-3-4-9-20/h5-7,10,14,16-17H,3-4,8-9,11-12H2,1-2H3,(H,19,21). The molecule has 0 radical (unpaired) electrons. The van der Waals surface area contributed by atoms with E-state index in [1.54, 1.807) is 6.92 Å². The SMILES string of the molecule is Cc1cccc(OC(C)C(=O)NC2CS(=O)(=O)CC2N2CCCC2)c1. The molecule has 2 heterocycles. The van der Waals surface area contributed by atoms with E-state index in [9.17, 15) is 13.2 Å². The van der Waals surface area contributed by atoms with Crippen LogP contribution in [0.3, 0.4) is 0 Å². The Morgan fingerprint density at radius 2 is 2.00 bits per heavy atom. The van der Waals surface area contributed by atoms with Gasteiger partial charge in [-0.05, 0) is 57.5 Å². The highest BCUT2D eigenvalue weighted by molar-refractivity contribution is 7.91. The van der Waals surface area contributed by atoms with Crippen LogP contribution in [0.15, 0.2) is 24.3 Å². The number of ether oxygens (including phenoxy) is 1. The lowest BCUT2D eigenvalue weighted by Crippen LogP contribution is -2.52. The minimum atomic E-state index is -3.12. The van der Waals surface area contributed by atoms with Gasteiger partial charge in [0.1, 0.15) is 5.75 Å². The number of nitrogens with one attached hydrogen (secondary N) is 1. The number of likely N-dealkylation sites (tertiary alicyclic amines) is 1. The molecule has 1 aromatic carbocycles. The Kier molecular flexibility index (Phi) is 5.34. The van der Waals surface area contributed by atoms with E-state index in [-0.39, 0.29) is 29.5 Å². The van der Waals surface area contributed by atoms with Crippen LogP contribution in [0.25, 0.3) is 0 Å². The van der Waals surface area contributed by atoms with Crippen molar-refractivity contribution in [2.24, 2.45) is 0 Å². The molecule has 1 N–H and O–H groups in total. The largest absolute Gasteiger partial charge is 0.481 e. The summed E-state index contributed by atoms with van der Waals surface area (Å²) >= 11 is 0. The van der Waals surface area contributed by atoms with E-state index >= 15 is 0 Å². The van der Waals surface area contributed by atoms with Crippen LogP contribution in [0.1, 0.15) is 25.3 Å². The van der Waals surface area contributed by atoms with Crippen molar-refractivity contribution in [3.63, 3.8) is 0 Å². The Balaban J connectivity index is 1.63. The van der Waals surface area contributed by atoms with E-state index in [1.807, 2.05) is 31.2 Å². The molecule has 0 saturated carbocycles. The first-order valence-electron chi connectivity index (χ1n) is 8.82. The van der Waals surface area contributed by atoms with Crippen molar-refractivity contribution >= 4 is 15.7 Å². The Morgan fingerprint density at radius 1 is 1.28 bits per heavy atom. The van der Waals surface area contributed by atoms with Gasteiger partial charge in [0.15, 0.2) is 15.9 Å². The van der Waals surface area contributed by atoms with Crippen LogP contribution >= 0.6 is 0 Å². The highest BCUT2D eigenvalue weighted by atomic mass is 32.2. The Bertz CT molecular complexity index is 728. The van der Waals surface area contributed by atoms with Gasteiger partial charge < -0.3 is 10.1 Å². The number of rotatable bonds is 5. The third-order valence-electron chi connectivity index (χ3n) is 4.93. The number of sulfone groups is 1. The van der Waals surface area contributed by atoms with Crippen LogP contribution in [0.2, 0.25) is 0 Å². The molecule has 25 heavy (non-hydrogen) atoms. The molecule has 0 spiro atoms. The van der Waals surface area contributed by atoms with Crippen LogP contribution in [-0.2, 0) is 14.6 Å². The monoisotopic (exact) mass is 366 g/mol. The van der Waals surface area contributed by atoms with Crippen LogP contribution < -0.4 is 10.1 Å². The molecule has 2 saturated heterocycles. The Hall–Kier alpha value is -1.60. The van der Waals surface area contributed by atoms with E-state index in [2.05, 4.69) is 10.2 Å². The van der Waals surface area contributed by atoms with Gasteiger partial charge in [-0.1, -0.05) is 12.1 Å². The van der Waals surface area contributed by atoms with E-state index in [4.69, 9.17) is 4.74 Å². The topological polar surface area (TPSA) is 75.7 Å². The first-order valence-corrected chi connectivity index (χ1v) is 10.6. The summed E-state index contributed by atoms with van der Waals surface area (Å²) < 4.78 is 29.9. The van der Waals surface area contributed by atoms with Gasteiger partial charge in [0.2, 0.25) is 0 Å². The van der Waals surface area contributed by atoms with Crippen molar-refractivity contribution in [2.75, 3.05) is 24.6 Å². The van der Waals surface area contributed by atoms with Gasteiger partial charge in [-0.15, -0.1) is 0 Å². The fraction of sp³-hybridized carbons (Fsp3) is 0.611. The highest BCUT2D eigenvalue weighted by Crippen LogP contribution is 2.23. The molecule has 138 valence electrons. The third-order valence-corrected chi connectivity index (χ3v) is 6.65. The maximum atomic E-state index is 12.5. The molecule has 3 atom stereocenters. The lowest BCUT2D eigenvalue weighted by Gasteiger charge is -2.29.